The number of hydrogen-bond donors (Lipinski definition) is 2. The molecule has 0 aliphatic heterocycles. The molecule has 0 aliphatic carbocycles. The van der Waals surface area contributed by atoms with Crippen LogP contribution in [-0.2, 0) is 4.12 Å². The Kier molecular flexibility index (Phi) is 12.3. The lowest BCUT2D eigenvalue weighted by atomic mass is 10.1. The van der Waals surface area contributed by atoms with Gasteiger partial charge in [-0.2, -0.15) is 0 Å². The Labute approximate surface area is 210 Å². The highest BCUT2D eigenvalue weighted by molar-refractivity contribution is 6.77. The number of anilines is 2. The Morgan fingerprint density at radius 3 is 2.09 bits per heavy atom. The van der Waals surface area contributed by atoms with Gasteiger partial charge < -0.3 is 24.5 Å². The zero-order valence-electron chi connectivity index (χ0n) is 23.0. The second-order valence-electron chi connectivity index (χ2n) is 10.4. The van der Waals surface area contributed by atoms with Crippen molar-refractivity contribution in [1.29, 1.82) is 0 Å². The average molecular weight is 508 g/mol. The third-order valence-corrected chi connectivity index (χ3v) is 11.0. The smallest absolute Gasteiger partial charge is 0.321 e. The molecule has 0 saturated heterocycles. The third kappa shape index (κ3) is 10.6. The van der Waals surface area contributed by atoms with Gasteiger partial charge in [-0.1, -0.05) is 26.8 Å². The molecule has 2 N–H and O–H groups in total. The first kappa shape index (κ1) is 30.2. The summed E-state index contributed by atoms with van der Waals surface area (Å²) >= 11 is 0. The second-order valence-corrected chi connectivity index (χ2v) is 17.0. The van der Waals surface area contributed by atoms with Crippen LogP contribution < -0.4 is 10.6 Å². The van der Waals surface area contributed by atoms with E-state index in [0.29, 0.717) is 49.4 Å². The summed E-state index contributed by atoms with van der Waals surface area (Å²) in [5, 5.41) is 6.03. The van der Waals surface area contributed by atoms with Crippen molar-refractivity contribution in [3.63, 3.8) is 0 Å². The van der Waals surface area contributed by atoms with E-state index < -0.39 is 17.4 Å². The van der Waals surface area contributed by atoms with Gasteiger partial charge in [-0.3, -0.25) is 0 Å². The lowest BCUT2D eigenvalue weighted by Crippen LogP contribution is -2.42. The van der Waals surface area contributed by atoms with Crippen LogP contribution in [0.5, 0.6) is 0 Å². The summed E-state index contributed by atoms with van der Waals surface area (Å²) in [5.74, 6) is 0.758. The molecule has 7 nitrogen and oxygen atoms in total. The molecule has 0 aliphatic rings. The van der Waals surface area contributed by atoms with E-state index in [2.05, 4.69) is 57.6 Å². The normalized spacial score (nSPS) is 12.6. The van der Waals surface area contributed by atoms with E-state index in [9.17, 15) is 9.59 Å². The van der Waals surface area contributed by atoms with E-state index in [4.69, 9.17) is 4.12 Å². The van der Waals surface area contributed by atoms with E-state index >= 15 is 0 Å². The summed E-state index contributed by atoms with van der Waals surface area (Å²) in [5.41, 5.74) is 2.34. The lowest BCUT2D eigenvalue weighted by molar-refractivity contribution is 0.207. The number of aryl methyl sites for hydroxylation is 1. The van der Waals surface area contributed by atoms with Gasteiger partial charge >= 0.3 is 12.1 Å². The fraction of sp³-hybridized carbons (Fsp3) is 0.680. The highest BCUT2D eigenvalue weighted by atomic mass is 28.4. The SMILES string of the molecule is CCN(CC(C)C[Si](C)(C)O[Si](C)C)C(=O)Nc1ccc(C)c(NC(=O)N(CC)CC(C)C)c1. The fourth-order valence-corrected chi connectivity index (χ4v) is 10.8. The monoisotopic (exact) mass is 507 g/mol. The molecule has 0 bridgehead atoms. The van der Waals surface area contributed by atoms with Crippen molar-refractivity contribution >= 4 is 40.8 Å². The van der Waals surface area contributed by atoms with Crippen molar-refractivity contribution in [2.75, 3.05) is 36.8 Å². The molecular formula is C25H47N4O3Si2. The van der Waals surface area contributed by atoms with Crippen LogP contribution >= 0.6 is 0 Å². The predicted octanol–water partition coefficient (Wildman–Crippen LogP) is 6.47. The Balaban J connectivity index is 2.83. The standard InChI is InChI=1S/C25H47N4O3Si2/c1-11-28(16-19(3)4)25(31)27-23-15-22(14-13-21(23)6)26-24(30)29(12-2)17-20(5)18-34(9,10)32-33(7)8/h13-15,19-20H,11-12,16-18H2,1-10H3,(H,26,30)(H,27,31). The summed E-state index contributed by atoms with van der Waals surface area (Å²) in [6.07, 6.45) is 0. The number of amides is 4. The minimum Gasteiger partial charge on any atom is -0.456 e. The Morgan fingerprint density at radius 1 is 1.00 bits per heavy atom. The van der Waals surface area contributed by atoms with Gasteiger partial charge in [-0.25, -0.2) is 9.59 Å². The topological polar surface area (TPSA) is 73.9 Å². The van der Waals surface area contributed by atoms with Gasteiger partial charge in [0.1, 0.15) is 0 Å². The Morgan fingerprint density at radius 2 is 1.56 bits per heavy atom. The molecule has 0 fully saturated rings. The molecule has 193 valence electrons. The molecule has 0 saturated carbocycles. The van der Waals surface area contributed by atoms with Gasteiger partial charge in [-0.05, 0) is 82.5 Å². The second kappa shape index (κ2) is 13.9. The van der Waals surface area contributed by atoms with Crippen molar-refractivity contribution in [2.24, 2.45) is 11.8 Å². The maximum Gasteiger partial charge on any atom is 0.321 e. The van der Waals surface area contributed by atoms with Crippen molar-refractivity contribution in [3.05, 3.63) is 23.8 Å². The molecule has 1 radical (unpaired) electrons. The van der Waals surface area contributed by atoms with Crippen molar-refractivity contribution in [1.82, 2.24) is 9.80 Å². The van der Waals surface area contributed by atoms with E-state index in [1.807, 2.05) is 43.9 Å². The molecule has 1 aromatic carbocycles. The maximum absolute atomic E-state index is 13.0. The number of carbonyl (C=O) groups excluding carboxylic acids is 2. The molecule has 0 spiro atoms. The number of hydrogen-bond acceptors (Lipinski definition) is 3. The van der Waals surface area contributed by atoms with Gasteiger partial charge in [-0.15, -0.1) is 0 Å². The van der Waals surface area contributed by atoms with E-state index in [1.54, 1.807) is 4.90 Å². The van der Waals surface area contributed by atoms with Crippen LogP contribution in [-0.4, -0.2) is 65.4 Å². The van der Waals surface area contributed by atoms with Crippen LogP contribution in [0.1, 0.15) is 40.2 Å². The minimum absolute atomic E-state index is 0.121. The summed E-state index contributed by atoms with van der Waals surface area (Å²) in [6.45, 7) is 23.9. The van der Waals surface area contributed by atoms with Crippen molar-refractivity contribution in [3.8, 4) is 0 Å². The van der Waals surface area contributed by atoms with Gasteiger partial charge in [0.15, 0.2) is 17.4 Å². The molecule has 1 unspecified atom stereocenters. The summed E-state index contributed by atoms with van der Waals surface area (Å²) < 4.78 is 6.27. The van der Waals surface area contributed by atoms with Crippen LogP contribution in [0, 0.1) is 18.8 Å². The average Bonchev–Trinajstić information content (AvgIpc) is 2.70. The van der Waals surface area contributed by atoms with Gasteiger partial charge in [0.2, 0.25) is 0 Å². The first-order valence-corrected chi connectivity index (χ1v) is 18.0. The molecule has 34 heavy (non-hydrogen) atoms. The summed E-state index contributed by atoms with van der Waals surface area (Å²) in [7, 11) is -2.45. The first-order chi connectivity index (χ1) is 15.8. The number of rotatable bonds is 12. The van der Waals surface area contributed by atoms with E-state index in [1.165, 1.54) is 0 Å². The summed E-state index contributed by atoms with van der Waals surface area (Å²) in [6, 6.07) is 6.41. The number of carbonyl (C=O) groups is 2. The highest BCUT2D eigenvalue weighted by Gasteiger charge is 2.28. The van der Waals surface area contributed by atoms with Crippen molar-refractivity contribution in [2.45, 2.75) is 73.8 Å². The molecule has 1 atom stereocenters. The molecule has 0 aromatic heterocycles. The zero-order valence-corrected chi connectivity index (χ0v) is 25.0. The van der Waals surface area contributed by atoms with Crippen molar-refractivity contribution < 1.29 is 13.7 Å². The van der Waals surface area contributed by atoms with Crippen LogP contribution in [0.3, 0.4) is 0 Å². The van der Waals surface area contributed by atoms with Crippen LogP contribution in [0.25, 0.3) is 0 Å². The van der Waals surface area contributed by atoms with Crippen LogP contribution in [0.4, 0.5) is 21.0 Å². The Bertz CT molecular complexity index is 802. The minimum atomic E-state index is -1.73. The van der Waals surface area contributed by atoms with E-state index in [-0.39, 0.29) is 12.1 Å². The maximum atomic E-state index is 13.0. The van der Waals surface area contributed by atoms with Crippen LogP contribution in [0.15, 0.2) is 18.2 Å². The Hall–Kier alpha value is -1.85. The molecule has 9 heteroatoms. The highest BCUT2D eigenvalue weighted by Crippen LogP contribution is 2.23. The van der Waals surface area contributed by atoms with E-state index in [0.717, 1.165) is 11.6 Å². The quantitative estimate of drug-likeness (QED) is 0.319. The van der Waals surface area contributed by atoms with Crippen LogP contribution in [0.2, 0.25) is 32.2 Å². The molecule has 1 rings (SSSR count). The van der Waals surface area contributed by atoms with Gasteiger partial charge in [0.05, 0.1) is 0 Å². The lowest BCUT2D eigenvalue weighted by Gasteiger charge is -2.31. The first-order valence-electron chi connectivity index (χ1n) is 12.5. The third-order valence-electron chi connectivity index (χ3n) is 5.51. The summed E-state index contributed by atoms with van der Waals surface area (Å²) in [4.78, 5) is 29.4. The molecular weight excluding hydrogens is 460 g/mol. The molecule has 4 amide bonds. The predicted molar refractivity (Wildman–Crippen MR) is 149 cm³/mol. The number of nitrogens with zero attached hydrogens (tertiary/aromatic N) is 2. The number of benzene rings is 1. The van der Waals surface area contributed by atoms with Gasteiger partial charge in [0, 0.05) is 37.6 Å². The molecule has 0 heterocycles. The van der Waals surface area contributed by atoms with Gasteiger partial charge in [0.25, 0.3) is 0 Å². The fourth-order valence-electron chi connectivity index (χ4n) is 4.26. The molecule has 1 aromatic rings. The number of urea groups is 2. The largest absolute Gasteiger partial charge is 0.456 e. The number of nitrogens with one attached hydrogen (secondary N) is 2. The zero-order chi connectivity index (χ0) is 26.1.